The Labute approximate surface area is 155 Å². The third kappa shape index (κ3) is 2.56. The molecule has 2 aromatic heterocycles. The molecule has 1 aliphatic rings. The Balaban J connectivity index is 1.44. The lowest BCUT2D eigenvalue weighted by molar-refractivity contribution is 0.415. The minimum Gasteiger partial charge on any atom is -0.497 e. The zero-order valence-corrected chi connectivity index (χ0v) is 15.3. The number of H-pyrrole nitrogens is 1. The molecular weight excluding hydrogens is 342 g/mol. The average molecular weight is 361 g/mol. The Morgan fingerprint density at radius 3 is 2.92 bits per heavy atom. The molecule has 2 aromatic carbocycles. The number of nitrogens with one attached hydrogen (secondary N) is 1. The number of para-hydroxylation sites is 1. The number of hydrogen-bond donors (Lipinski definition) is 1. The largest absolute Gasteiger partial charge is 0.497 e. The van der Waals surface area contributed by atoms with Crippen LogP contribution < -0.4 is 9.64 Å². The molecule has 0 unspecified atom stereocenters. The van der Waals surface area contributed by atoms with Crippen LogP contribution in [0.3, 0.4) is 0 Å². The molecule has 5 heteroatoms. The highest BCUT2D eigenvalue weighted by atomic mass is 32.1. The van der Waals surface area contributed by atoms with Crippen molar-refractivity contribution in [3.05, 3.63) is 60.3 Å². The van der Waals surface area contributed by atoms with Gasteiger partial charge in [-0.05, 0) is 42.3 Å². The van der Waals surface area contributed by atoms with Crippen LogP contribution in [0.25, 0.3) is 26.7 Å². The zero-order chi connectivity index (χ0) is 17.5. The summed E-state index contributed by atoms with van der Waals surface area (Å²) in [5.41, 5.74) is 4.91. The molecule has 0 amide bonds. The smallest absolute Gasteiger partial charge is 0.186 e. The second-order valence-corrected chi connectivity index (χ2v) is 7.51. The summed E-state index contributed by atoms with van der Waals surface area (Å²) in [7, 11) is 1.71. The van der Waals surface area contributed by atoms with E-state index in [4.69, 9.17) is 9.72 Å². The third-order valence-electron chi connectivity index (χ3n) is 5.00. The second-order valence-electron chi connectivity index (χ2n) is 6.50. The van der Waals surface area contributed by atoms with Crippen LogP contribution >= 0.6 is 11.3 Å². The van der Waals surface area contributed by atoms with Gasteiger partial charge in [0.05, 0.1) is 17.3 Å². The van der Waals surface area contributed by atoms with Gasteiger partial charge in [-0.25, -0.2) is 4.98 Å². The SMILES string of the molecule is COc1ccc2[nH]cc(C3=CCN(c4nc5ccccc5s4)CC3)c2c1. The summed E-state index contributed by atoms with van der Waals surface area (Å²) in [6, 6.07) is 14.5. The third-order valence-corrected chi connectivity index (χ3v) is 6.09. The van der Waals surface area contributed by atoms with E-state index < -0.39 is 0 Å². The summed E-state index contributed by atoms with van der Waals surface area (Å²) in [5.74, 6) is 0.894. The van der Waals surface area contributed by atoms with Gasteiger partial charge in [-0.1, -0.05) is 29.5 Å². The molecule has 1 N–H and O–H groups in total. The van der Waals surface area contributed by atoms with Crippen LogP contribution in [0, 0.1) is 0 Å². The highest BCUT2D eigenvalue weighted by molar-refractivity contribution is 7.22. The van der Waals surface area contributed by atoms with Crippen LogP contribution in [0.15, 0.2) is 54.7 Å². The van der Waals surface area contributed by atoms with E-state index in [2.05, 4.69) is 52.5 Å². The maximum absolute atomic E-state index is 5.39. The molecular formula is C21H19N3OS. The number of benzene rings is 2. The molecule has 5 rings (SSSR count). The number of thiazole rings is 1. The van der Waals surface area contributed by atoms with Crippen molar-refractivity contribution < 1.29 is 4.74 Å². The first-order chi connectivity index (χ1) is 12.8. The number of anilines is 1. The van der Waals surface area contributed by atoms with Crippen molar-refractivity contribution in [1.29, 1.82) is 0 Å². The first-order valence-corrected chi connectivity index (χ1v) is 9.58. The van der Waals surface area contributed by atoms with Gasteiger partial charge in [-0.2, -0.15) is 0 Å². The molecule has 0 radical (unpaired) electrons. The van der Waals surface area contributed by atoms with E-state index in [9.17, 15) is 0 Å². The highest BCUT2D eigenvalue weighted by Gasteiger charge is 2.18. The van der Waals surface area contributed by atoms with Gasteiger partial charge in [0.25, 0.3) is 0 Å². The molecule has 0 aliphatic carbocycles. The molecule has 1 aliphatic heterocycles. The summed E-state index contributed by atoms with van der Waals surface area (Å²) < 4.78 is 6.64. The number of methoxy groups -OCH3 is 1. The van der Waals surface area contributed by atoms with Crippen LogP contribution in [0.2, 0.25) is 0 Å². The van der Waals surface area contributed by atoms with Crippen LogP contribution in [0.5, 0.6) is 5.75 Å². The predicted octanol–water partition coefficient (Wildman–Crippen LogP) is 5.08. The predicted molar refractivity (Wildman–Crippen MR) is 109 cm³/mol. The lowest BCUT2D eigenvalue weighted by atomic mass is 9.99. The van der Waals surface area contributed by atoms with Crippen molar-refractivity contribution in [2.45, 2.75) is 6.42 Å². The van der Waals surface area contributed by atoms with E-state index in [1.54, 1.807) is 18.4 Å². The van der Waals surface area contributed by atoms with Crippen LogP contribution in [0.4, 0.5) is 5.13 Å². The van der Waals surface area contributed by atoms with Gasteiger partial charge in [-0.3, -0.25) is 0 Å². The van der Waals surface area contributed by atoms with Gasteiger partial charge in [0, 0.05) is 35.8 Å². The number of hydrogen-bond acceptors (Lipinski definition) is 4. The van der Waals surface area contributed by atoms with Crippen molar-refractivity contribution in [2.24, 2.45) is 0 Å². The van der Waals surface area contributed by atoms with Gasteiger partial charge in [-0.15, -0.1) is 0 Å². The summed E-state index contributed by atoms with van der Waals surface area (Å²) in [6.07, 6.45) is 5.46. The van der Waals surface area contributed by atoms with Gasteiger partial charge in [0.15, 0.2) is 5.13 Å². The molecule has 0 spiro atoms. The summed E-state index contributed by atoms with van der Waals surface area (Å²) in [5, 5.41) is 2.34. The van der Waals surface area contributed by atoms with Crippen molar-refractivity contribution >= 4 is 43.2 Å². The van der Waals surface area contributed by atoms with E-state index in [-0.39, 0.29) is 0 Å². The first-order valence-electron chi connectivity index (χ1n) is 8.77. The monoisotopic (exact) mass is 361 g/mol. The second kappa shape index (κ2) is 6.18. The van der Waals surface area contributed by atoms with Crippen molar-refractivity contribution in [2.75, 3.05) is 25.1 Å². The molecule has 26 heavy (non-hydrogen) atoms. The van der Waals surface area contributed by atoms with E-state index in [0.717, 1.165) is 41.4 Å². The van der Waals surface area contributed by atoms with Crippen LogP contribution in [0.1, 0.15) is 12.0 Å². The van der Waals surface area contributed by atoms with Crippen LogP contribution in [-0.2, 0) is 0 Å². The number of nitrogens with zero attached hydrogens (tertiary/aromatic N) is 2. The summed E-state index contributed by atoms with van der Waals surface area (Å²) in [6.45, 7) is 1.88. The standard InChI is InChI=1S/C21H19N3OS/c1-25-15-6-7-18-16(12-15)17(13-22-18)14-8-10-24(11-9-14)21-23-19-4-2-3-5-20(19)26-21/h2-8,12-13,22H,9-11H2,1H3. The maximum Gasteiger partial charge on any atom is 0.186 e. The maximum atomic E-state index is 5.39. The highest BCUT2D eigenvalue weighted by Crippen LogP contribution is 2.34. The molecule has 0 saturated carbocycles. The van der Waals surface area contributed by atoms with E-state index >= 15 is 0 Å². The zero-order valence-electron chi connectivity index (χ0n) is 14.5. The fraction of sp³-hybridized carbons (Fsp3) is 0.190. The van der Waals surface area contributed by atoms with E-state index in [0.29, 0.717) is 0 Å². The molecule has 0 bridgehead atoms. The normalized spacial score (nSPS) is 14.8. The molecule has 4 nitrogen and oxygen atoms in total. The van der Waals surface area contributed by atoms with Gasteiger partial charge in [0.1, 0.15) is 5.75 Å². The van der Waals surface area contributed by atoms with E-state index in [1.165, 1.54) is 21.2 Å². The summed E-state index contributed by atoms with van der Waals surface area (Å²) in [4.78, 5) is 10.5. The van der Waals surface area contributed by atoms with Gasteiger partial charge < -0.3 is 14.6 Å². The molecule has 0 saturated heterocycles. The van der Waals surface area contributed by atoms with Crippen LogP contribution in [-0.4, -0.2) is 30.2 Å². The van der Waals surface area contributed by atoms with E-state index in [1.807, 2.05) is 12.1 Å². The summed E-state index contributed by atoms with van der Waals surface area (Å²) >= 11 is 1.77. The number of ether oxygens (including phenoxy) is 1. The molecule has 3 heterocycles. The van der Waals surface area contributed by atoms with Gasteiger partial charge in [0.2, 0.25) is 0 Å². The number of aromatic nitrogens is 2. The lowest BCUT2D eigenvalue weighted by Crippen LogP contribution is -2.27. The average Bonchev–Trinajstić information content (AvgIpc) is 3.31. The van der Waals surface area contributed by atoms with Crippen molar-refractivity contribution in [1.82, 2.24) is 9.97 Å². The van der Waals surface area contributed by atoms with Gasteiger partial charge >= 0.3 is 0 Å². The Kier molecular flexibility index (Phi) is 3.68. The number of aromatic amines is 1. The first kappa shape index (κ1) is 15.5. The number of fused-ring (bicyclic) bond motifs is 2. The Bertz CT molecular complexity index is 1090. The fourth-order valence-corrected chi connectivity index (χ4v) is 4.58. The molecule has 130 valence electrons. The Morgan fingerprint density at radius 2 is 2.12 bits per heavy atom. The quantitative estimate of drug-likeness (QED) is 0.553. The minimum atomic E-state index is 0.894. The Morgan fingerprint density at radius 1 is 1.19 bits per heavy atom. The van der Waals surface area contributed by atoms with Crippen molar-refractivity contribution in [3.8, 4) is 5.75 Å². The fourth-order valence-electron chi connectivity index (χ4n) is 3.58. The molecule has 0 atom stereocenters. The molecule has 4 aromatic rings. The lowest BCUT2D eigenvalue weighted by Gasteiger charge is -2.25. The number of rotatable bonds is 3. The molecule has 0 fully saturated rings. The Hall–Kier alpha value is -2.79. The minimum absolute atomic E-state index is 0.894. The topological polar surface area (TPSA) is 41.1 Å². The van der Waals surface area contributed by atoms with Crippen molar-refractivity contribution in [3.63, 3.8) is 0 Å².